The third-order valence-electron chi connectivity index (χ3n) is 10.2. The summed E-state index contributed by atoms with van der Waals surface area (Å²) in [5.41, 5.74) is 5.24. The highest BCUT2D eigenvalue weighted by Crippen LogP contribution is 2.55. The van der Waals surface area contributed by atoms with Crippen LogP contribution in [-0.2, 0) is 29.0 Å². The molecule has 4 fully saturated rings. The summed E-state index contributed by atoms with van der Waals surface area (Å²) in [6.07, 6.45) is 8.37. The first kappa shape index (κ1) is 26.4. The number of aromatic hydroxyl groups is 1. The molecule has 4 aliphatic carbocycles. The second-order valence-corrected chi connectivity index (χ2v) is 13.4. The Hall–Kier alpha value is -2.86. The zero-order valence-electron chi connectivity index (χ0n) is 23.9. The largest absolute Gasteiger partial charge is 0.508 e. The molecule has 0 aromatic heterocycles. The van der Waals surface area contributed by atoms with Gasteiger partial charge in [0, 0.05) is 18.5 Å². The summed E-state index contributed by atoms with van der Waals surface area (Å²) in [6, 6.07) is 10.8. The number of hydrogen-bond donors (Lipinski definition) is 2. The summed E-state index contributed by atoms with van der Waals surface area (Å²) in [4.78, 5) is 32.4. The molecule has 4 saturated carbocycles. The molecule has 2 atom stereocenters. The normalized spacial score (nSPS) is 29.8. The Bertz CT molecular complexity index is 1230. The van der Waals surface area contributed by atoms with Crippen LogP contribution in [0.4, 0.5) is 0 Å². The molecule has 1 heterocycles. The topological polar surface area (TPSA) is 72.9 Å². The molecule has 0 spiro atoms. The van der Waals surface area contributed by atoms with Crippen LogP contribution in [-0.4, -0.2) is 58.4 Å². The minimum Gasteiger partial charge on any atom is -0.508 e. The van der Waals surface area contributed by atoms with Crippen molar-refractivity contribution in [2.45, 2.75) is 89.4 Å². The van der Waals surface area contributed by atoms with Crippen LogP contribution in [0.1, 0.15) is 66.3 Å². The number of phenols is 1. The van der Waals surface area contributed by atoms with Crippen LogP contribution in [0.15, 0.2) is 36.4 Å². The quantitative estimate of drug-likeness (QED) is 0.577. The Kier molecular flexibility index (Phi) is 6.73. The number of carbonyl (C=O) groups excluding carboxylic acids is 2. The van der Waals surface area contributed by atoms with E-state index in [-0.39, 0.29) is 23.1 Å². The van der Waals surface area contributed by atoms with Gasteiger partial charge in [-0.2, -0.15) is 0 Å². The number of hydrogen-bond acceptors (Lipinski definition) is 4. The molecule has 0 unspecified atom stereocenters. The number of fused-ring (bicyclic) bond motifs is 1. The molecule has 5 aliphatic rings. The van der Waals surface area contributed by atoms with Gasteiger partial charge in [-0.25, -0.2) is 0 Å². The van der Waals surface area contributed by atoms with Crippen LogP contribution < -0.4 is 5.32 Å². The summed E-state index contributed by atoms with van der Waals surface area (Å²) in [7, 11) is 3.88. The van der Waals surface area contributed by atoms with Crippen molar-refractivity contribution < 1.29 is 14.7 Å². The molecule has 0 radical (unpaired) electrons. The Morgan fingerprint density at radius 1 is 1.00 bits per heavy atom. The first-order valence-corrected chi connectivity index (χ1v) is 14.8. The third kappa shape index (κ3) is 4.97. The maximum atomic E-state index is 14.4. The number of rotatable bonds is 6. The predicted molar refractivity (Wildman–Crippen MR) is 152 cm³/mol. The Morgan fingerprint density at radius 3 is 2.13 bits per heavy atom. The van der Waals surface area contributed by atoms with Crippen LogP contribution in [0, 0.1) is 31.6 Å². The molecule has 7 rings (SSSR count). The summed E-state index contributed by atoms with van der Waals surface area (Å²) in [5.74, 6) is 2.50. The van der Waals surface area contributed by atoms with Crippen LogP contribution in [0.5, 0.6) is 5.75 Å². The van der Waals surface area contributed by atoms with Gasteiger partial charge in [-0.05, 0) is 131 Å². The van der Waals surface area contributed by atoms with E-state index in [4.69, 9.17) is 0 Å². The SMILES string of the molecule is Cc1cc(O)cc(C)c1C[C@@H](C(=O)N1Cc2ccccc2C[C@H]1C(=O)NC12CC3CC(CC(C3)C1)C2)N(C)C. The fourth-order valence-corrected chi connectivity index (χ4v) is 8.77. The van der Waals surface area contributed by atoms with Gasteiger partial charge in [-0.15, -0.1) is 0 Å². The molecule has 2 N–H and O–H groups in total. The predicted octanol–water partition coefficient (Wildman–Crippen LogP) is 4.52. The van der Waals surface area contributed by atoms with Crippen LogP contribution >= 0.6 is 0 Å². The molecule has 4 bridgehead atoms. The van der Waals surface area contributed by atoms with Crippen LogP contribution in [0.25, 0.3) is 0 Å². The highest BCUT2D eigenvalue weighted by molar-refractivity contribution is 5.91. The van der Waals surface area contributed by atoms with Crippen molar-refractivity contribution in [1.82, 2.24) is 15.1 Å². The zero-order valence-corrected chi connectivity index (χ0v) is 23.9. The molecule has 2 aromatic carbocycles. The van der Waals surface area contributed by atoms with Crippen LogP contribution in [0.3, 0.4) is 0 Å². The minimum absolute atomic E-state index is 0.00737. The van der Waals surface area contributed by atoms with E-state index in [1.165, 1.54) is 24.8 Å². The van der Waals surface area contributed by atoms with Gasteiger partial charge < -0.3 is 15.3 Å². The molecular weight excluding hydrogens is 486 g/mol. The Labute approximate surface area is 232 Å². The number of nitrogens with zero attached hydrogens (tertiary/aromatic N) is 2. The number of aryl methyl sites for hydroxylation is 2. The highest BCUT2D eigenvalue weighted by Gasteiger charge is 2.52. The second-order valence-electron chi connectivity index (χ2n) is 13.4. The van der Waals surface area contributed by atoms with Gasteiger partial charge in [0.1, 0.15) is 11.8 Å². The van der Waals surface area contributed by atoms with Crippen molar-refractivity contribution in [2.75, 3.05) is 14.1 Å². The number of nitrogens with one attached hydrogen (secondary N) is 1. The highest BCUT2D eigenvalue weighted by atomic mass is 16.3. The van der Waals surface area contributed by atoms with Gasteiger partial charge in [-0.1, -0.05) is 24.3 Å². The second kappa shape index (κ2) is 9.96. The summed E-state index contributed by atoms with van der Waals surface area (Å²) >= 11 is 0. The molecule has 39 heavy (non-hydrogen) atoms. The minimum atomic E-state index is -0.509. The number of carbonyl (C=O) groups is 2. The lowest BCUT2D eigenvalue weighted by molar-refractivity contribution is -0.147. The van der Waals surface area contributed by atoms with Crippen molar-refractivity contribution in [3.8, 4) is 5.75 Å². The molecule has 1 aliphatic heterocycles. The van der Waals surface area contributed by atoms with Crippen molar-refractivity contribution in [3.05, 3.63) is 64.2 Å². The van der Waals surface area contributed by atoms with E-state index in [1.54, 1.807) is 12.1 Å². The van der Waals surface area contributed by atoms with E-state index in [0.29, 0.717) is 19.4 Å². The molecule has 0 saturated heterocycles. The lowest BCUT2D eigenvalue weighted by atomic mass is 9.53. The lowest BCUT2D eigenvalue weighted by Crippen LogP contribution is -2.64. The van der Waals surface area contributed by atoms with Crippen molar-refractivity contribution in [2.24, 2.45) is 17.8 Å². The summed E-state index contributed by atoms with van der Waals surface area (Å²) in [5, 5.41) is 13.6. The van der Waals surface area contributed by atoms with E-state index >= 15 is 0 Å². The fraction of sp³-hybridized carbons (Fsp3) is 0.576. The number of benzene rings is 2. The lowest BCUT2D eigenvalue weighted by Gasteiger charge is -2.57. The molecule has 208 valence electrons. The van der Waals surface area contributed by atoms with Gasteiger partial charge >= 0.3 is 0 Å². The van der Waals surface area contributed by atoms with Gasteiger partial charge in [0.05, 0.1) is 6.04 Å². The Balaban J connectivity index is 1.29. The smallest absolute Gasteiger partial charge is 0.243 e. The van der Waals surface area contributed by atoms with Gasteiger partial charge in [0.15, 0.2) is 0 Å². The zero-order chi connectivity index (χ0) is 27.5. The van der Waals surface area contributed by atoms with Crippen LogP contribution in [0.2, 0.25) is 0 Å². The van der Waals surface area contributed by atoms with Gasteiger partial charge in [0.2, 0.25) is 11.8 Å². The van der Waals surface area contributed by atoms with Crippen molar-refractivity contribution >= 4 is 11.8 Å². The standard InChI is InChI=1S/C33H43N3O3/c1-20-9-27(37)10-21(2)28(20)15-30(35(3)4)32(39)36-19-26-8-6-5-7-25(26)14-29(36)31(38)34-33-16-22-11-23(17-33)13-24(12-22)18-33/h5-10,22-24,29-30,37H,11-19H2,1-4H3,(H,34,38)/t22?,23?,24?,29-,30-,33?/m0/s1. The third-order valence-corrected chi connectivity index (χ3v) is 10.2. The molecular formula is C33H43N3O3. The number of amides is 2. The monoisotopic (exact) mass is 529 g/mol. The van der Waals surface area contributed by atoms with Crippen molar-refractivity contribution in [1.29, 1.82) is 0 Å². The summed E-state index contributed by atoms with van der Waals surface area (Å²) < 4.78 is 0. The maximum Gasteiger partial charge on any atom is 0.243 e. The van der Waals surface area contributed by atoms with Gasteiger partial charge in [0.25, 0.3) is 0 Å². The fourth-order valence-electron chi connectivity index (χ4n) is 8.77. The first-order valence-electron chi connectivity index (χ1n) is 14.8. The maximum absolute atomic E-state index is 14.4. The number of phenolic OH excluding ortho intramolecular Hbond substituents is 1. The van der Waals surface area contributed by atoms with E-state index in [1.807, 2.05) is 49.9 Å². The number of likely N-dealkylation sites (N-methyl/N-ethyl adjacent to an activating group) is 1. The van der Waals surface area contributed by atoms with Crippen molar-refractivity contribution in [3.63, 3.8) is 0 Å². The average molecular weight is 530 g/mol. The van der Waals surface area contributed by atoms with E-state index in [0.717, 1.165) is 59.3 Å². The average Bonchev–Trinajstić information content (AvgIpc) is 2.85. The molecule has 2 aromatic rings. The molecule has 6 heteroatoms. The van der Waals surface area contributed by atoms with E-state index < -0.39 is 12.1 Å². The Morgan fingerprint density at radius 2 is 1.56 bits per heavy atom. The van der Waals surface area contributed by atoms with Gasteiger partial charge in [-0.3, -0.25) is 14.5 Å². The molecule has 6 nitrogen and oxygen atoms in total. The molecule has 2 amide bonds. The summed E-state index contributed by atoms with van der Waals surface area (Å²) in [6.45, 7) is 4.42. The van der Waals surface area contributed by atoms with E-state index in [2.05, 4.69) is 17.4 Å². The van der Waals surface area contributed by atoms with E-state index in [9.17, 15) is 14.7 Å². The first-order chi connectivity index (χ1) is 18.6.